The summed E-state index contributed by atoms with van der Waals surface area (Å²) in [7, 11) is 1.79. The lowest BCUT2D eigenvalue weighted by molar-refractivity contribution is -0.111. The number of hydrogen-bond donors (Lipinski definition) is 1. The largest absolute Gasteiger partial charge is 0.322 e. The molecule has 0 aliphatic rings. The average Bonchev–Trinajstić information content (AvgIpc) is 3.01. The van der Waals surface area contributed by atoms with Gasteiger partial charge in [0.2, 0.25) is 5.91 Å². The smallest absolute Gasteiger partial charge is 0.248 e. The third-order valence-corrected chi connectivity index (χ3v) is 3.54. The number of halogens is 2. The highest BCUT2D eigenvalue weighted by Crippen LogP contribution is 2.25. The maximum Gasteiger partial charge on any atom is 0.248 e. The zero-order valence-corrected chi connectivity index (χ0v) is 13.3. The van der Waals surface area contributed by atoms with E-state index in [0.29, 0.717) is 17.1 Å². The Kier molecular flexibility index (Phi) is 4.65. The van der Waals surface area contributed by atoms with Gasteiger partial charge in [0.05, 0.1) is 5.69 Å². The zero-order valence-electron chi connectivity index (χ0n) is 13.3. The van der Waals surface area contributed by atoms with E-state index in [1.54, 1.807) is 36.1 Å². The fourth-order valence-corrected chi connectivity index (χ4v) is 2.32. The Morgan fingerprint density at radius 2 is 1.84 bits per heavy atom. The van der Waals surface area contributed by atoms with Gasteiger partial charge in [0, 0.05) is 24.3 Å². The summed E-state index contributed by atoms with van der Waals surface area (Å²) in [6.45, 7) is 0. The van der Waals surface area contributed by atoms with Gasteiger partial charge in [-0.05, 0) is 30.3 Å². The van der Waals surface area contributed by atoms with Crippen LogP contribution in [0.15, 0.2) is 54.9 Å². The van der Waals surface area contributed by atoms with Crippen molar-refractivity contribution >= 4 is 17.7 Å². The van der Waals surface area contributed by atoms with Gasteiger partial charge < -0.3 is 9.88 Å². The fraction of sp³-hybridized carbons (Fsp3) is 0.0556. The van der Waals surface area contributed by atoms with Crippen LogP contribution in [-0.2, 0) is 11.8 Å². The molecule has 0 radical (unpaired) electrons. The van der Waals surface area contributed by atoms with Gasteiger partial charge in [-0.3, -0.25) is 4.79 Å². The molecule has 3 aromatic rings. The summed E-state index contributed by atoms with van der Waals surface area (Å²) in [5.74, 6) is -1.40. The minimum atomic E-state index is -0.733. The van der Waals surface area contributed by atoms with Crippen molar-refractivity contribution in [3.63, 3.8) is 0 Å². The van der Waals surface area contributed by atoms with Crippen molar-refractivity contribution < 1.29 is 13.6 Å². The molecule has 0 saturated carbocycles. The lowest BCUT2D eigenvalue weighted by Crippen LogP contribution is -2.09. The minimum Gasteiger partial charge on any atom is -0.322 e. The first-order valence-corrected chi connectivity index (χ1v) is 7.42. The van der Waals surface area contributed by atoms with Gasteiger partial charge >= 0.3 is 0 Å². The van der Waals surface area contributed by atoms with E-state index in [0.717, 1.165) is 24.3 Å². The van der Waals surface area contributed by atoms with E-state index in [2.05, 4.69) is 15.5 Å². The number of aryl methyl sites for hydroxylation is 1. The predicted octanol–water partition coefficient (Wildman–Crippen LogP) is 3.41. The summed E-state index contributed by atoms with van der Waals surface area (Å²) in [6.07, 6.45) is 3.73. The van der Waals surface area contributed by atoms with Gasteiger partial charge in [0.25, 0.3) is 0 Å². The van der Waals surface area contributed by atoms with Gasteiger partial charge in [-0.25, -0.2) is 8.78 Å². The Morgan fingerprint density at radius 1 is 1.12 bits per heavy atom. The van der Waals surface area contributed by atoms with Gasteiger partial charge in [0.15, 0.2) is 5.82 Å². The molecule has 0 fully saturated rings. The van der Waals surface area contributed by atoms with Crippen molar-refractivity contribution in [2.75, 3.05) is 5.32 Å². The van der Waals surface area contributed by atoms with Crippen molar-refractivity contribution in [3.05, 3.63) is 72.1 Å². The number of para-hydroxylation sites is 1. The van der Waals surface area contributed by atoms with E-state index in [4.69, 9.17) is 0 Å². The first-order chi connectivity index (χ1) is 12.1. The minimum absolute atomic E-state index is 0.265. The number of nitrogens with zero attached hydrogens (tertiary/aromatic N) is 3. The van der Waals surface area contributed by atoms with Crippen LogP contribution in [0.5, 0.6) is 0 Å². The third-order valence-electron chi connectivity index (χ3n) is 3.54. The highest BCUT2D eigenvalue weighted by Gasteiger charge is 2.11. The Hall–Kier alpha value is -3.35. The topological polar surface area (TPSA) is 59.8 Å². The van der Waals surface area contributed by atoms with Crippen LogP contribution in [0.4, 0.5) is 14.5 Å². The van der Waals surface area contributed by atoms with E-state index in [-0.39, 0.29) is 5.56 Å². The molecular weight excluding hydrogens is 326 g/mol. The predicted molar refractivity (Wildman–Crippen MR) is 90.5 cm³/mol. The second-order valence-corrected chi connectivity index (χ2v) is 5.27. The van der Waals surface area contributed by atoms with Crippen LogP contribution >= 0.6 is 0 Å². The molecule has 1 amide bonds. The van der Waals surface area contributed by atoms with Gasteiger partial charge in [-0.1, -0.05) is 18.2 Å². The molecular formula is C18H14F2N4O. The molecule has 0 saturated heterocycles. The normalized spacial score (nSPS) is 11.0. The molecule has 0 atom stereocenters. The second kappa shape index (κ2) is 7.04. The molecule has 0 spiro atoms. The number of anilines is 1. The van der Waals surface area contributed by atoms with Crippen molar-refractivity contribution in [2.45, 2.75) is 0 Å². The molecule has 3 rings (SSSR count). The number of hydrogen-bond acceptors (Lipinski definition) is 3. The lowest BCUT2D eigenvalue weighted by Gasteiger charge is -2.09. The van der Waals surface area contributed by atoms with E-state index >= 15 is 0 Å². The van der Waals surface area contributed by atoms with Crippen molar-refractivity contribution in [2.24, 2.45) is 7.05 Å². The van der Waals surface area contributed by atoms with E-state index in [9.17, 15) is 13.6 Å². The van der Waals surface area contributed by atoms with Crippen LogP contribution in [-0.4, -0.2) is 20.7 Å². The van der Waals surface area contributed by atoms with Gasteiger partial charge in [0.1, 0.15) is 18.0 Å². The van der Waals surface area contributed by atoms with Crippen molar-refractivity contribution in [1.29, 1.82) is 0 Å². The molecule has 1 N–H and O–H groups in total. The van der Waals surface area contributed by atoms with Crippen molar-refractivity contribution in [1.82, 2.24) is 14.8 Å². The summed E-state index contributed by atoms with van der Waals surface area (Å²) >= 11 is 0. The summed E-state index contributed by atoms with van der Waals surface area (Å²) < 4.78 is 28.9. The van der Waals surface area contributed by atoms with E-state index in [1.807, 2.05) is 6.07 Å². The number of nitrogens with one attached hydrogen (secondary N) is 1. The number of aromatic nitrogens is 3. The van der Waals surface area contributed by atoms with Crippen LogP contribution in [0.25, 0.3) is 17.5 Å². The maximum atomic E-state index is 13.6. The summed E-state index contributed by atoms with van der Waals surface area (Å²) in [4.78, 5) is 12.1. The summed E-state index contributed by atoms with van der Waals surface area (Å²) in [6, 6.07) is 10.6. The Labute approximate surface area is 142 Å². The molecule has 0 unspecified atom stereocenters. The fourth-order valence-electron chi connectivity index (χ4n) is 2.32. The van der Waals surface area contributed by atoms with Crippen LogP contribution < -0.4 is 5.32 Å². The number of benzene rings is 2. The van der Waals surface area contributed by atoms with Crippen molar-refractivity contribution in [3.8, 4) is 11.4 Å². The number of rotatable bonds is 4. The van der Waals surface area contributed by atoms with Gasteiger partial charge in [-0.2, -0.15) is 0 Å². The first kappa shape index (κ1) is 16.5. The molecule has 126 valence electrons. The molecule has 1 heterocycles. The van der Waals surface area contributed by atoms with Crippen LogP contribution in [0.1, 0.15) is 5.56 Å². The molecule has 0 bridgehead atoms. The monoisotopic (exact) mass is 340 g/mol. The van der Waals surface area contributed by atoms with Gasteiger partial charge in [-0.15, -0.1) is 10.2 Å². The molecule has 25 heavy (non-hydrogen) atoms. The molecule has 5 nitrogen and oxygen atoms in total. The summed E-state index contributed by atoms with van der Waals surface area (Å²) in [5, 5.41) is 10.5. The Morgan fingerprint density at radius 3 is 2.52 bits per heavy atom. The average molecular weight is 340 g/mol. The molecule has 2 aromatic carbocycles. The van der Waals surface area contributed by atoms with E-state index < -0.39 is 17.5 Å². The molecule has 0 aliphatic heterocycles. The second-order valence-electron chi connectivity index (χ2n) is 5.27. The molecule has 7 heteroatoms. The highest BCUT2D eigenvalue weighted by atomic mass is 19.1. The first-order valence-electron chi connectivity index (χ1n) is 7.42. The van der Waals surface area contributed by atoms with Crippen LogP contribution in [0.2, 0.25) is 0 Å². The Bertz CT molecular complexity index is 930. The third kappa shape index (κ3) is 3.60. The lowest BCUT2D eigenvalue weighted by atomic mass is 10.1. The number of amides is 1. The van der Waals surface area contributed by atoms with Crippen LogP contribution in [0.3, 0.4) is 0 Å². The SMILES string of the molecule is Cn1cnnc1-c1ccccc1NC(=O)/C=C/c1c(F)cccc1F. The van der Waals surface area contributed by atoms with Crippen LogP contribution in [0, 0.1) is 11.6 Å². The summed E-state index contributed by atoms with van der Waals surface area (Å²) in [5.41, 5.74) is 0.933. The Balaban J connectivity index is 1.83. The highest BCUT2D eigenvalue weighted by molar-refractivity contribution is 6.03. The zero-order chi connectivity index (χ0) is 17.8. The van der Waals surface area contributed by atoms with E-state index in [1.165, 1.54) is 6.07 Å². The number of carbonyl (C=O) groups is 1. The number of carbonyl (C=O) groups excluding carboxylic acids is 1. The standard InChI is InChI=1S/C18H14F2N4O/c1-24-11-21-23-18(24)13-5-2-3-8-16(13)22-17(25)10-9-12-14(19)6-4-7-15(12)20/h2-11H,1H3,(H,22,25)/b10-9+. The maximum absolute atomic E-state index is 13.6. The molecule has 1 aromatic heterocycles. The quantitative estimate of drug-likeness (QED) is 0.741. The molecule has 0 aliphatic carbocycles.